The van der Waals surface area contributed by atoms with Crippen LogP contribution in [-0.4, -0.2) is 12.0 Å². The van der Waals surface area contributed by atoms with Gasteiger partial charge in [0.15, 0.2) is 0 Å². The molecule has 4 heteroatoms. The van der Waals surface area contributed by atoms with Crippen molar-refractivity contribution in [2.75, 3.05) is 5.32 Å². The summed E-state index contributed by atoms with van der Waals surface area (Å²) in [4.78, 5) is 10.8. The molecule has 3 nitrogen and oxygen atoms in total. The zero-order valence-electron chi connectivity index (χ0n) is 14.3. The van der Waals surface area contributed by atoms with Crippen LogP contribution in [0.3, 0.4) is 0 Å². The van der Waals surface area contributed by atoms with E-state index in [2.05, 4.69) is 31.3 Å². The molecule has 0 aliphatic carbocycles. The minimum atomic E-state index is -0.911. The van der Waals surface area contributed by atoms with Crippen LogP contribution < -0.4 is 61.8 Å². The maximum absolute atomic E-state index is 10.8. The standard InChI is InChI=1S/C18H29NO2.K/c1-3-4-10-16(14-18(20)21)11-8-9-15(2)19-17-12-6-5-7-13-17;/h5-7,12-13,15-16,19H,3-4,8-11,14H2,1-2H3,(H,20,21);/q;+1/p-1. The van der Waals surface area contributed by atoms with E-state index in [-0.39, 0.29) is 63.7 Å². The maximum atomic E-state index is 10.8. The second-order valence-electron chi connectivity index (χ2n) is 5.93. The number of hydrogen-bond acceptors (Lipinski definition) is 3. The molecule has 22 heavy (non-hydrogen) atoms. The smallest absolute Gasteiger partial charge is 0.550 e. The molecule has 0 bridgehead atoms. The zero-order chi connectivity index (χ0) is 15.5. The number of nitrogens with one attached hydrogen (secondary N) is 1. The fraction of sp³-hybridized carbons (Fsp3) is 0.611. The number of benzene rings is 1. The number of carboxylic acid groups (broad SMARTS) is 1. The van der Waals surface area contributed by atoms with Gasteiger partial charge in [-0.15, -0.1) is 0 Å². The normalized spacial score (nSPS) is 13.0. The van der Waals surface area contributed by atoms with Crippen molar-refractivity contribution in [3.63, 3.8) is 0 Å². The summed E-state index contributed by atoms with van der Waals surface area (Å²) in [7, 11) is 0. The number of aliphatic carboxylic acids is 1. The Hall–Kier alpha value is 0.126. The summed E-state index contributed by atoms with van der Waals surface area (Å²) in [6, 6.07) is 10.6. The van der Waals surface area contributed by atoms with Crippen molar-refractivity contribution in [1.29, 1.82) is 0 Å². The van der Waals surface area contributed by atoms with Gasteiger partial charge in [-0.3, -0.25) is 0 Å². The first-order chi connectivity index (χ1) is 10.1. The van der Waals surface area contributed by atoms with E-state index in [0.717, 1.165) is 44.2 Å². The number of carbonyl (C=O) groups is 1. The van der Waals surface area contributed by atoms with Crippen molar-refractivity contribution in [3.05, 3.63) is 30.3 Å². The van der Waals surface area contributed by atoms with Gasteiger partial charge in [0.25, 0.3) is 0 Å². The number of rotatable bonds is 11. The third-order valence-electron chi connectivity index (χ3n) is 3.86. The number of carbonyl (C=O) groups excluding carboxylic acids is 1. The summed E-state index contributed by atoms with van der Waals surface area (Å²) in [5, 5.41) is 14.3. The Morgan fingerprint density at radius 3 is 2.36 bits per heavy atom. The average molecular weight is 330 g/mol. The van der Waals surface area contributed by atoms with Gasteiger partial charge in [-0.2, -0.15) is 0 Å². The molecule has 0 aliphatic rings. The molecule has 1 aromatic rings. The van der Waals surface area contributed by atoms with E-state index in [4.69, 9.17) is 0 Å². The van der Waals surface area contributed by atoms with Crippen LogP contribution in [0.2, 0.25) is 0 Å². The number of para-hydroxylation sites is 1. The molecule has 118 valence electrons. The van der Waals surface area contributed by atoms with Crippen LogP contribution in [0.25, 0.3) is 0 Å². The first kappa shape index (κ1) is 22.1. The number of anilines is 1. The van der Waals surface area contributed by atoms with Gasteiger partial charge in [0.1, 0.15) is 0 Å². The fourth-order valence-electron chi connectivity index (χ4n) is 2.68. The SMILES string of the molecule is CCCCC(CCCC(C)Nc1ccccc1)CC(=O)[O-].[K+]. The van der Waals surface area contributed by atoms with Crippen molar-refractivity contribution in [2.45, 2.75) is 64.8 Å². The quantitative estimate of drug-likeness (QED) is 0.605. The predicted molar refractivity (Wildman–Crippen MR) is 86.0 cm³/mol. The molecule has 0 fully saturated rings. The van der Waals surface area contributed by atoms with Crippen molar-refractivity contribution in [2.24, 2.45) is 5.92 Å². The number of unbranched alkanes of at least 4 members (excludes halogenated alkanes) is 1. The Kier molecular flexibility index (Phi) is 13.6. The van der Waals surface area contributed by atoms with Gasteiger partial charge >= 0.3 is 51.4 Å². The van der Waals surface area contributed by atoms with Crippen LogP contribution in [0, 0.1) is 5.92 Å². The van der Waals surface area contributed by atoms with E-state index in [1.54, 1.807) is 0 Å². The average Bonchev–Trinajstić information content (AvgIpc) is 2.45. The van der Waals surface area contributed by atoms with E-state index >= 15 is 0 Å². The molecule has 0 heterocycles. The third-order valence-corrected chi connectivity index (χ3v) is 3.86. The minimum Gasteiger partial charge on any atom is -0.550 e. The Bertz CT molecular complexity index is 397. The molecule has 0 spiro atoms. The fourth-order valence-corrected chi connectivity index (χ4v) is 2.68. The molecule has 2 atom stereocenters. The van der Waals surface area contributed by atoms with E-state index in [1.807, 2.05) is 18.2 Å². The van der Waals surface area contributed by atoms with Gasteiger partial charge in [0.05, 0.1) is 0 Å². The number of carboxylic acids is 1. The number of hydrogen-bond donors (Lipinski definition) is 1. The van der Waals surface area contributed by atoms with E-state index in [0.29, 0.717) is 6.04 Å². The molecule has 0 saturated heterocycles. The van der Waals surface area contributed by atoms with Gasteiger partial charge in [-0.05, 0) is 37.8 Å². The van der Waals surface area contributed by atoms with E-state index in [9.17, 15) is 9.90 Å². The molecule has 1 N–H and O–H groups in total. The molecule has 0 amide bonds. The van der Waals surface area contributed by atoms with Crippen LogP contribution >= 0.6 is 0 Å². The second kappa shape index (κ2) is 13.6. The van der Waals surface area contributed by atoms with Crippen LogP contribution in [0.4, 0.5) is 5.69 Å². The van der Waals surface area contributed by atoms with Crippen LogP contribution in [-0.2, 0) is 4.79 Å². The summed E-state index contributed by atoms with van der Waals surface area (Å²) in [6.07, 6.45) is 6.54. The molecular weight excluding hydrogens is 301 g/mol. The van der Waals surface area contributed by atoms with Gasteiger partial charge < -0.3 is 15.2 Å². The van der Waals surface area contributed by atoms with E-state index < -0.39 is 5.97 Å². The van der Waals surface area contributed by atoms with Crippen molar-refractivity contribution in [1.82, 2.24) is 0 Å². The molecule has 0 aromatic heterocycles. The molecule has 1 rings (SSSR count). The van der Waals surface area contributed by atoms with Crippen molar-refractivity contribution < 1.29 is 61.3 Å². The Labute approximate surface area is 177 Å². The Morgan fingerprint density at radius 2 is 1.77 bits per heavy atom. The molecule has 2 unspecified atom stereocenters. The first-order valence-corrected chi connectivity index (χ1v) is 8.13. The maximum Gasteiger partial charge on any atom is 1.00 e. The predicted octanol–water partition coefficient (Wildman–Crippen LogP) is 0.608. The third kappa shape index (κ3) is 10.8. The van der Waals surface area contributed by atoms with E-state index in [1.165, 1.54) is 0 Å². The van der Waals surface area contributed by atoms with Crippen molar-refractivity contribution >= 4 is 11.7 Å². The summed E-state index contributed by atoms with van der Waals surface area (Å²) in [5.41, 5.74) is 1.14. The molecule has 0 saturated carbocycles. The van der Waals surface area contributed by atoms with Crippen molar-refractivity contribution in [3.8, 4) is 0 Å². The van der Waals surface area contributed by atoms with Gasteiger partial charge in [0.2, 0.25) is 0 Å². The van der Waals surface area contributed by atoms with Gasteiger partial charge in [-0.1, -0.05) is 57.2 Å². The summed E-state index contributed by atoms with van der Waals surface area (Å²) in [5.74, 6) is -0.634. The van der Waals surface area contributed by atoms with Gasteiger partial charge in [0, 0.05) is 17.7 Å². The van der Waals surface area contributed by atoms with Gasteiger partial charge in [-0.25, -0.2) is 0 Å². The van der Waals surface area contributed by atoms with Crippen LogP contribution in [0.15, 0.2) is 30.3 Å². The minimum absolute atomic E-state index is 0. The van der Waals surface area contributed by atoms with Crippen LogP contribution in [0.5, 0.6) is 0 Å². The summed E-state index contributed by atoms with van der Waals surface area (Å²) >= 11 is 0. The van der Waals surface area contributed by atoms with Crippen LogP contribution in [0.1, 0.15) is 58.8 Å². The molecule has 1 aromatic carbocycles. The summed E-state index contributed by atoms with van der Waals surface area (Å²) in [6.45, 7) is 4.31. The topological polar surface area (TPSA) is 52.2 Å². The summed E-state index contributed by atoms with van der Waals surface area (Å²) < 4.78 is 0. The molecule has 0 radical (unpaired) electrons. The zero-order valence-corrected chi connectivity index (χ0v) is 17.4. The monoisotopic (exact) mass is 329 g/mol. The molecular formula is C18H28KNO2. The Morgan fingerprint density at radius 1 is 1.14 bits per heavy atom. The molecule has 0 aliphatic heterocycles. The first-order valence-electron chi connectivity index (χ1n) is 8.13. The largest absolute Gasteiger partial charge is 1.00 e. The Balaban J connectivity index is 0.00000441. The second-order valence-corrected chi connectivity index (χ2v) is 5.93.